The van der Waals surface area contributed by atoms with Gasteiger partial charge in [-0.1, -0.05) is 11.6 Å². The van der Waals surface area contributed by atoms with Crippen LogP contribution in [0.1, 0.15) is 27.4 Å². The van der Waals surface area contributed by atoms with E-state index < -0.39 is 0 Å². The summed E-state index contributed by atoms with van der Waals surface area (Å²) in [6.45, 7) is 5.39. The van der Waals surface area contributed by atoms with Crippen LogP contribution in [-0.2, 0) is 0 Å². The summed E-state index contributed by atoms with van der Waals surface area (Å²) in [6.07, 6.45) is 1.52. The zero-order valence-corrected chi connectivity index (χ0v) is 11.1. The molecule has 2 aromatic heterocycles. The summed E-state index contributed by atoms with van der Waals surface area (Å²) < 4.78 is 5.32. The van der Waals surface area contributed by atoms with Gasteiger partial charge in [-0.15, -0.1) is 0 Å². The van der Waals surface area contributed by atoms with Crippen LogP contribution in [0.4, 0.5) is 5.69 Å². The van der Waals surface area contributed by atoms with E-state index in [4.69, 9.17) is 16.0 Å². The largest absolute Gasteiger partial charge is 0.466 e. The SMILES string of the molecule is Cc1cc(C(=O)Nc2cnc(Cl)c(C)c2)c(C)o1. The molecule has 0 aliphatic heterocycles. The number of amides is 1. The van der Waals surface area contributed by atoms with Crippen LogP contribution in [0, 0.1) is 20.8 Å². The minimum absolute atomic E-state index is 0.215. The highest BCUT2D eigenvalue weighted by Gasteiger charge is 2.13. The Morgan fingerprint density at radius 1 is 1.33 bits per heavy atom. The standard InChI is InChI=1S/C13H13ClN2O2/c1-7-4-10(6-15-12(7)14)16-13(17)11-5-8(2)18-9(11)3/h4-6H,1-3H3,(H,16,17). The van der Waals surface area contributed by atoms with Gasteiger partial charge in [0.1, 0.15) is 16.7 Å². The number of furan rings is 1. The number of carbonyl (C=O) groups is 1. The molecule has 0 spiro atoms. The number of hydrogen-bond donors (Lipinski definition) is 1. The maximum Gasteiger partial charge on any atom is 0.259 e. The molecule has 0 saturated heterocycles. The first kappa shape index (κ1) is 12.6. The van der Waals surface area contributed by atoms with Crippen molar-refractivity contribution in [3.63, 3.8) is 0 Å². The van der Waals surface area contributed by atoms with Crippen molar-refractivity contribution in [3.05, 3.63) is 46.1 Å². The molecule has 2 aromatic rings. The molecule has 0 aromatic carbocycles. The smallest absolute Gasteiger partial charge is 0.259 e. The summed E-state index contributed by atoms with van der Waals surface area (Å²) in [7, 11) is 0. The Morgan fingerprint density at radius 2 is 2.06 bits per heavy atom. The summed E-state index contributed by atoms with van der Waals surface area (Å²) in [6, 6.07) is 3.48. The molecule has 1 amide bonds. The number of nitrogens with one attached hydrogen (secondary N) is 1. The molecular formula is C13H13ClN2O2. The van der Waals surface area contributed by atoms with E-state index in [-0.39, 0.29) is 5.91 Å². The van der Waals surface area contributed by atoms with Crippen LogP contribution >= 0.6 is 11.6 Å². The van der Waals surface area contributed by atoms with E-state index in [0.717, 1.165) is 5.56 Å². The molecule has 1 N–H and O–H groups in total. The molecular weight excluding hydrogens is 252 g/mol. The molecule has 0 radical (unpaired) electrons. The van der Waals surface area contributed by atoms with E-state index in [1.54, 1.807) is 26.0 Å². The Kier molecular flexibility index (Phi) is 3.39. The molecule has 18 heavy (non-hydrogen) atoms. The number of carbonyl (C=O) groups excluding carboxylic acids is 1. The highest BCUT2D eigenvalue weighted by atomic mass is 35.5. The van der Waals surface area contributed by atoms with E-state index in [1.165, 1.54) is 6.20 Å². The molecule has 4 nitrogen and oxygen atoms in total. The Labute approximate surface area is 110 Å². The van der Waals surface area contributed by atoms with E-state index in [1.807, 2.05) is 6.92 Å². The van der Waals surface area contributed by atoms with Gasteiger partial charge in [0.05, 0.1) is 17.4 Å². The number of rotatable bonds is 2. The zero-order chi connectivity index (χ0) is 13.3. The molecule has 0 saturated carbocycles. The predicted molar refractivity (Wildman–Crippen MR) is 70.1 cm³/mol. The summed E-state index contributed by atoms with van der Waals surface area (Å²) >= 11 is 5.82. The third kappa shape index (κ3) is 2.54. The van der Waals surface area contributed by atoms with Gasteiger partial charge < -0.3 is 9.73 Å². The van der Waals surface area contributed by atoms with Crippen molar-refractivity contribution >= 4 is 23.2 Å². The second-order valence-electron chi connectivity index (χ2n) is 4.11. The number of pyridine rings is 1. The van der Waals surface area contributed by atoms with Crippen molar-refractivity contribution in [1.82, 2.24) is 4.98 Å². The van der Waals surface area contributed by atoms with Crippen molar-refractivity contribution in [3.8, 4) is 0 Å². The average molecular weight is 265 g/mol. The van der Waals surface area contributed by atoms with Crippen LogP contribution in [0.2, 0.25) is 5.15 Å². The molecule has 2 rings (SSSR count). The first-order valence-corrected chi connectivity index (χ1v) is 5.85. The van der Waals surface area contributed by atoms with E-state index >= 15 is 0 Å². The lowest BCUT2D eigenvalue weighted by Crippen LogP contribution is -2.12. The Bertz CT molecular complexity index is 605. The first-order valence-electron chi connectivity index (χ1n) is 5.48. The summed E-state index contributed by atoms with van der Waals surface area (Å²) in [5, 5.41) is 3.19. The number of hydrogen-bond acceptors (Lipinski definition) is 3. The lowest BCUT2D eigenvalue weighted by molar-refractivity contribution is 0.102. The van der Waals surface area contributed by atoms with Crippen molar-refractivity contribution in [2.75, 3.05) is 5.32 Å². The van der Waals surface area contributed by atoms with Gasteiger partial charge in [-0.2, -0.15) is 0 Å². The molecule has 0 bridgehead atoms. The number of halogens is 1. The van der Waals surface area contributed by atoms with E-state index in [0.29, 0.717) is 27.9 Å². The maximum atomic E-state index is 12.0. The lowest BCUT2D eigenvalue weighted by atomic mass is 10.2. The van der Waals surface area contributed by atoms with Crippen molar-refractivity contribution in [2.45, 2.75) is 20.8 Å². The minimum atomic E-state index is -0.215. The summed E-state index contributed by atoms with van der Waals surface area (Å²) in [5.41, 5.74) is 1.95. The number of aromatic nitrogens is 1. The van der Waals surface area contributed by atoms with Crippen LogP contribution in [-0.4, -0.2) is 10.9 Å². The zero-order valence-electron chi connectivity index (χ0n) is 10.4. The normalized spacial score (nSPS) is 10.4. The third-order valence-corrected chi connectivity index (χ3v) is 2.95. The topological polar surface area (TPSA) is 55.1 Å². The highest BCUT2D eigenvalue weighted by molar-refractivity contribution is 6.30. The van der Waals surface area contributed by atoms with Gasteiger partial charge in [0.25, 0.3) is 5.91 Å². The second-order valence-corrected chi connectivity index (χ2v) is 4.47. The van der Waals surface area contributed by atoms with Crippen LogP contribution in [0.15, 0.2) is 22.7 Å². The van der Waals surface area contributed by atoms with E-state index in [9.17, 15) is 4.79 Å². The van der Waals surface area contributed by atoms with Gasteiger partial charge in [0.2, 0.25) is 0 Å². The van der Waals surface area contributed by atoms with Crippen LogP contribution < -0.4 is 5.32 Å². The monoisotopic (exact) mass is 264 g/mol. The molecule has 0 unspecified atom stereocenters. The van der Waals surface area contributed by atoms with E-state index in [2.05, 4.69) is 10.3 Å². The third-order valence-electron chi connectivity index (χ3n) is 2.56. The Balaban J connectivity index is 2.21. The van der Waals surface area contributed by atoms with Gasteiger partial charge in [0, 0.05) is 0 Å². The van der Waals surface area contributed by atoms with Crippen LogP contribution in [0.25, 0.3) is 0 Å². The van der Waals surface area contributed by atoms with Crippen molar-refractivity contribution < 1.29 is 9.21 Å². The Morgan fingerprint density at radius 3 is 2.61 bits per heavy atom. The van der Waals surface area contributed by atoms with Gasteiger partial charge >= 0.3 is 0 Å². The number of nitrogens with zero attached hydrogens (tertiary/aromatic N) is 1. The lowest BCUT2D eigenvalue weighted by Gasteiger charge is -2.05. The number of anilines is 1. The molecule has 2 heterocycles. The van der Waals surface area contributed by atoms with Crippen LogP contribution in [0.5, 0.6) is 0 Å². The quantitative estimate of drug-likeness (QED) is 0.845. The average Bonchev–Trinajstić information content (AvgIpc) is 2.63. The van der Waals surface area contributed by atoms with Gasteiger partial charge in [-0.25, -0.2) is 4.98 Å². The number of aryl methyl sites for hydroxylation is 3. The first-order chi connectivity index (χ1) is 8.47. The molecule has 94 valence electrons. The highest BCUT2D eigenvalue weighted by Crippen LogP contribution is 2.19. The van der Waals surface area contributed by atoms with Gasteiger partial charge in [0.15, 0.2) is 0 Å². The maximum absolute atomic E-state index is 12.0. The van der Waals surface area contributed by atoms with Crippen LogP contribution in [0.3, 0.4) is 0 Å². The fourth-order valence-corrected chi connectivity index (χ4v) is 1.78. The fraction of sp³-hybridized carbons (Fsp3) is 0.231. The van der Waals surface area contributed by atoms with Gasteiger partial charge in [-0.3, -0.25) is 4.79 Å². The van der Waals surface area contributed by atoms with Crippen molar-refractivity contribution in [1.29, 1.82) is 0 Å². The fourth-order valence-electron chi connectivity index (χ4n) is 1.68. The molecule has 5 heteroatoms. The molecule has 0 fully saturated rings. The Hall–Kier alpha value is -1.81. The molecule has 0 aliphatic carbocycles. The predicted octanol–water partition coefficient (Wildman–Crippen LogP) is 3.51. The minimum Gasteiger partial charge on any atom is -0.466 e. The molecule has 0 aliphatic rings. The second kappa shape index (κ2) is 4.82. The van der Waals surface area contributed by atoms with Crippen molar-refractivity contribution in [2.24, 2.45) is 0 Å². The van der Waals surface area contributed by atoms with Gasteiger partial charge in [-0.05, 0) is 38.5 Å². The summed E-state index contributed by atoms with van der Waals surface area (Å²) in [4.78, 5) is 16.0. The molecule has 0 atom stereocenters. The summed E-state index contributed by atoms with van der Waals surface area (Å²) in [5.74, 6) is 1.10.